The molecule has 0 spiro atoms. The summed E-state index contributed by atoms with van der Waals surface area (Å²) in [6.07, 6.45) is 0. The maximum Gasteiger partial charge on any atom is 0.224 e. The van der Waals surface area contributed by atoms with Gasteiger partial charge in [-0.15, -0.1) is 0 Å². The molecule has 0 radical (unpaired) electrons. The molecule has 0 unspecified atom stereocenters. The largest absolute Gasteiger partial charge is 0.436 e. The monoisotopic (exact) mass is 237 g/mol. The molecule has 0 saturated heterocycles. The van der Waals surface area contributed by atoms with Gasteiger partial charge in [-0.3, -0.25) is 0 Å². The quantitative estimate of drug-likeness (QED) is 0.871. The van der Waals surface area contributed by atoms with E-state index in [0.29, 0.717) is 5.82 Å². The summed E-state index contributed by atoms with van der Waals surface area (Å²) < 4.78 is 31.3. The van der Waals surface area contributed by atoms with Crippen molar-refractivity contribution in [3.63, 3.8) is 0 Å². The highest BCUT2D eigenvalue weighted by Gasteiger charge is 2.08. The fraction of sp³-hybridized carbons (Fsp3) is 0.0909. The number of aryl methyl sites for hydroxylation is 1. The Labute approximate surface area is 96.1 Å². The van der Waals surface area contributed by atoms with E-state index >= 15 is 0 Å². The highest BCUT2D eigenvalue weighted by atomic mass is 19.1. The van der Waals surface area contributed by atoms with E-state index in [-0.39, 0.29) is 17.4 Å². The molecule has 2 rings (SSSR count). The van der Waals surface area contributed by atoms with Crippen LogP contribution in [-0.2, 0) is 0 Å². The van der Waals surface area contributed by atoms with Gasteiger partial charge in [0.1, 0.15) is 17.5 Å². The minimum Gasteiger partial charge on any atom is -0.436 e. The van der Waals surface area contributed by atoms with Crippen LogP contribution in [0.15, 0.2) is 24.3 Å². The molecule has 0 aliphatic rings. The van der Waals surface area contributed by atoms with Gasteiger partial charge in [0, 0.05) is 12.1 Å². The van der Waals surface area contributed by atoms with Gasteiger partial charge < -0.3 is 10.5 Å². The number of nitrogens with two attached hydrogens (primary N) is 1. The Bertz CT molecular complexity index is 540. The van der Waals surface area contributed by atoms with Gasteiger partial charge in [0.2, 0.25) is 5.88 Å². The lowest BCUT2D eigenvalue weighted by Gasteiger charge is -2.06. The molecule has 2 N–H and O–H groups in total. The topological polar surface area (TPSA) is 61.0 Å². The first-order valence-electron chi connectivity index (χ1n) is 4.78. The summed E-state index contributed by atoms with van der Waals surface area (Å²) in [5.74, 6) is -0.871. The summed E-state index contributed by atoms with van der Waals surface area (Å²) in [5, 5.41) is 0. The van der Waals surface area contributed by atoms with Crippen molar-refractivity contribution >= 4 is 5.82 Å². The lowest BCUT2D eigenvalue weighted by atomic mass is 10.3. The average Bonchev–Trinajstić information content (AvgIpc) is 2.22. The first-order valence-corrected chi connectivity index (χ1v) is 4.78. The van der Waals surface area contributed by atoms with E-state index in [0.717, 1.165) is 18.2 Å². The number of benzene rings is 1. The summed E-state index contributed by atoms with van der Waals surface area (Å²) >= 11 is 0. The van der Waals surface area contributed by atoms with Gasteiger partial charge in [-0.1, -0.05) is 0 Å². The van der Waals surface area contributed by atoms with Crippen molar-refractivity contribution in [2.24, 2.45) is 0 Å². The van der Waals surface area contributed by atoms with Crippen molar-refractivity contribution in [3.8, 4) is 11.6 Å². The zero-order chi connectivity index (χ0) is 12.4. The predicted molar refractivity (Wildman–Crippen MR) is 57.6 cm³/mol. The second-order valence-corrected chi connectivity index (χ2v) is 3.36. The van der Waals surface area contributed by atoms with Gasteiger partial charge >= 0.3 is 0 Å². The number of rotatable bonds is 2. The third-order valence-electron chi connectivity index (χ3n) is 1.94. The van der Waals surface area contributed by atoms with Crippen molar-refractivity contribution in [1.82, 2.24) is 9.97 Å². The Morgan fingerprint density at radius 1 is 1.18 bits per heavy atom. The molecular weight excluding hydrogens is 228 g/mol. The first-order chi connectivity index (χ1) is 8.04. The van der Waals surface area contributed by atoms with Gasteiger partial charge in [0.15, 0.2) is 11.6 Å². The van der Waals surface area contributed by atoms with E-state index in [1.165, 1.54) is 6.07 Å². The molecule has 0 amide bonds. The smallest absolute Gasteiger partial charge is 0.224 e. The normalized spacial score (nSPS) is 10.3. The maximum atomic E-state index is 13.3. The van der Waals surface area contributed by atoms with Crippen LogP contribution in [0.3, 0.4) is 0 Å². The Hall–Kier alpha value is -2.24. The average molecular weight is 237 g/mol. The Morgan fingerprint density at radius 3 is 2.65 bits per heavy atom. The van der Waals surface area contributed by atoms with Gasteiger partial charge in [0.25, 0.3) is 0 Å². The van der Waals surface area contributed by atoms with Crippen molar-refractivity contribution in [3.05, 3.63) is 41.7 Å². The fourth-order valence-corrected chi connectivity index (χ4v) is 1.28. The highest BCUT2D eigenvalue weighted by Crippen LogP contribution is 2.24. The highest BCUT2D eigenvalue weighted by molar-refractivity contribution is 5.36. The molecule has 0 atom stereocenters. The minimum absolute atomic E-state index is 0.0690. The number of ether oxygens (including phenoxy) is 1. The third-order valence-corrected chi connectivity index (χ3v) is 1.94. The van der Waals surface area contributed by atoms with Crippen LogP contribution in [0.5, 0.6) is 11.6 Å². The van der Waals surface area contributed by atoms with Crippen LogP contribution < -0.4 is 10.5 Å². The molecule has 6 heteroatoms. The summed E-state index contributed by atoms with van der Waals surface area (Å²) in [6, 6.07) is 4.24. The van der Waals surface area contributed by atoms with Crippen molar-refractivity contribution in [1.29, 1.82) is 0 Å². The molecule has 1 aromatic heterocycles. The maximum absolute atomic E-state index is 13.3. The van der Waals surface area contributed by atoms with Crippen LogP contribution in [0.1, 0.15) is 5.82 Å². The van der Waals surface area contributed by atoms with E-state index in [1.54, 1.807) is 6.92 Å². The number of nitrogens with zero attached hydrogens (tertiary/aromatic N) is 2. The third kappa shape index (κ3) is 2.66. The van der Waals surface area contributed by atoms with Crippen molar-refractivity contribution < 1.29 is 13.5 Å². The van der Waals surface area contributed by atoms with Crippen molar-refractivity contribution in [2.45, 2.75) is 6.92 Å². The second kappa shape index (κ2) is 4.32. The molecule has 4 nitrogen and oxygen atoms in total. The Balaban J connectivity index is 2.34. The molecule has 0 bridgehead atoms. The van der Waals surface area contributed by atoms with E-state index < -0.39 is 11.6 Å². The summed E-state index contributed by atoms with van der Waals surface area (Å²) in [5.41, 5.74) is 5.48. The molecule has 88 valence electrons. The number of hydrogen-bond acceptors (Lipinski definition) is 4. The molecule has 0 fully saturated rings. The first kappa shape index (κ1) is 11.3. The van der Waals surface area contributed by atoms with E-state index in [4.69, 9.17) is 10.5 Å². The summed E-state index contributed by atoms with van der Waals surface area (Å²) in [7, 11) is 0. The van der Waals surface area contributed by atoms with Gasteiger partial charge in [-0.25, -0.2) is 13.8 Å². The zero-order valence-electron chi connectivity index (χ0n) is 8.95. The van der Waals surface area contributed by atoms with Crippen molar-refractivity contribution in [2.75, 3.05) is 5.73 Å². The van der Waals surface area contributed by atoms with Crippen LogP contribution in [-0.4, -0.2) is 9.97 Å². The number of aromatic nitrogens is 2. The summed E-state index contributed by atoms with van der Waals surface area (Å²) in [6.45, 7) is 1.62. The fourth-order valence-electron chi connectivity index (χ4n) is 1.28. The van der Waals surface area contributed by atoms with Gasteiger partial charge in [-0.05, 0) is 19.1 Å². The molecule has 2 aromatic rings. The zero-order valence-corrected chi connectivity index (χ0v) is 8.95. The molecular formula is C11H9F2N3O. The molecule has 1 aromatic carbocycles. The Morgan fingerprint density at radius 2 is 1.94 bits per heavy atom. The number of nitrogen functional groups attached to an aromatic ring is 1. The van der Waals surface area contributed by atoms with E-state index in [2.05, 4.69) is 9.97 Å². The number of anilines is 1. The molecule has 0 aliphatic carbocycles. The van der Waals surface area contributed by atoms with Crippen LogP contribution >= 0.6 is 0 Å². The number of halogens is 2. The van der Waals surface area contributed by atoms with Crippen LogP contribution in [0.25, 0.3) is 0 Å². The molecule has 0 aliphatic heterocycles. The number of hydrogen-bond donors (Lipinski definition) is 1. The van der Waals surface area contributed by atoms with Gasteiger partial charge in [0.05, 0.1) is 0 Å². The van der Waals surface area contributed by atoms with Crippen LogP contribution in [0.4, 0.5) is 14.6 Å². The summed E-state index contributed by atoms with van der Waals surface area (Å²) in [4.78, 5) is 7.73. The molecule has 17 heavy (non-hydrogen) atoms. The van der Waals surface area contributed by atoms with E-state index in [1.807, 2.05) is 0 Å². The SMILES string of the molecule is Cc1nc(N)cc(Oc2cc(F)ccc2F)n1. The second-order valence-electron chi connectivity index (χ2n) is 3.36. The van der Waals surface area contributed by atoms with Gasteiger partial charge in [-0.2, -0.15) is 4.98 Å². The van der Waals surface area contributed by atoms with Crippen LogP contribution in [0, 0.1) is 18.6 Å². The molecule has 0 saturated carbocycles. The molecule has 1 heterocycles. The minimum atomic E-state index is -0.679. The lowest BCUT2D eigenvalue weighted by Crippen LogP contribution is -1.98. The lowest BCUT2D eigenvalue weighted by molar-refractivity contribution is 0.421. The standard InChI is InChI=1S/C11H9F2N3O/c1-6-15-10(14)5-11(16-6)17-9-4-7(12)2-3-8(9)13/h2-5H,1H3,(H2,14,15,16). The van der Waals surface area contributed by atoms with E-state index in [9.17, 15) is 8.78 Å². The van der Waals surface area contributed by atoms with Crippen LogP contribution in [0.2, 0.25) is 0 Å². The predicted octanol–water partition coefficient (Wildman–Crippen LogP) is 2.44. The Kier molecular flexibility index (Phi) is 2.86.